The molecule has 1 amide bonds. The van der Waals surface area contributed by atoms with Gasteiger partial charge in [-0.2, -0.15) is 9.78 Å². The Hall–Kier alpha value is -4.54. The van der Waals surface area contributed by atoms with E-state index in [-0.39, 0.29) is 12.2 Å². The van der Waals surface area contributed by atoms with Crippen molar-refractivity contribution in [1.29, 1.82) is 0 Å². The SMILES string of the molecule is Cc1cc(C)nc(-n2nc(C)cc2NC(=O)COC(=O)c2cccc(OCc3c(C)noc3C)c2)n1. The van der Waals surface area contributed by atoms with E-state index in [2.05, 4.69) is 25.5 Å². The summed E-state index contributed by atoms with van der Waals surface area (Å²) in [4.78, 5) is 33.8. The summed E-state index contributed by atoms with van der Waals surface area (Å²) in [5.74, 6) is 0.668. The first kappa shape index (κ1) is 24.6. The van der Waals surface area contributed by atoms with Crippen molar-refractivity contribution in [3.05, 3.63) is 76.1 Å². The highest BCUT2D eigenvalue weighted by Gasteiger charge is 2.16. The average Bonchev–Trinajstić information content (AvgIpc) is 3.36. The molecule has 1 N–H and O–H groups in total. The molecule has 0 aliphatic heterocycles. The summed E-state index contributed by atoms with van der Waals surface area (Å²) < 4.78 is 17.5. The highest BCUT2D eigenvalue weighted by Crippen LogP contribution is 2.19. The number of carbonyl (C=O) groups excluding carboxylic acids is 2. The zero-order valence-electron chi connectivity index (χ0n) is 20.7. The summed E-state index contributed by atoms with van der Waals surface area (Å²) in [6.07, 6.45) is 0. The van der Waals surface area contributed by atoms with Crippen molar-refractivity contribution >= 4 is 17.7 Å². The first-order chi connectivity index (χ1) is 17.2. The number of nitrogens with one attached hydrogen (secondary N) is 1. The first-order valence-electron chi connectivity index (χ1n) is 11.2. The zero-order chi connectivity index (χ0) is 25.8. The minimum atomic E-state index is -0.657. The smallest absolute Gasteiger partial charge is 0.338 e. The molecule has 3 aromatic heterocycles. The summed E-state index contributed by atoms with van der Waals surface area (Å²) in [6, 6.07) is 10.0. The summed E-state index contributed by atoms with van der Waals surface area (Å²) >= 11 is 0. The number of rotatable bonds is 8. The van der Waals surface area contributed by atoms with Crippen molar-refractivity contribution in [2.75, 3.05) is 11.9 Å². The maximum Gasteiger partial charge on any atom is 0.338 e. The van der Waals surface area contributed by atoms with E-state index in [0.717, 1.165) is 22.6 Å². The first-order valence-corrected chi connectivity index (χ1v) is 11.2. The number of carbonyl (C=O) groups is 2. The minimum Gasteiger partial charge on any atom is -0.489 e. The van der Waals surface area contributed by atoms with Crippen LogP contribution in [0.1, 0.15) is 44.5 Å². The van der Waals surface area contributed by atoms with Crippen LogP contribution >= 0.6 is 0 Å². The molecular formula is C25H26N6O5. The van der Waals surface area contributed by atoms with Crippen molar-refractivity contribution < 1.29 is 23.6 Å². The molecule has 3 heterocycles. The molecule has 4 rings (SSSR count). The van der Waals surface area contributed by atoms with Crippen LogP contribution in [0.2, 0.25) is 0 Å². The number of ether oxygens (including phenoxy) is 2. The monoisotopic (exact) mass is 490 g/mol. The molecule has 0 aliphatic rings. The van der Waals surface area contributed by atoms with Crippen molar-refractivity contribution in [1.82, 2.24) is 24.9 Å². The molecule has 0 aliphatic carbocycles. The highest BCUT2D eigenvalue weighted by molar-refractivity contribution is 5.95. The van der Waals surface area contributed by atoms with Gasteiger partial charge in [0.05, 0.1) is 22.5 Å². The Balaban J connectivity index is 1.37. The van der Waals surface area contributed by atoms with Gasteiger partial charge in [-0.3, -0.25) is 4.79 Å². The molecule has 11 nitrogen and oxygen atoms in total. The molecule has 1 aromatic carbocycles. The fraction of sp³-hybridized carbons (Fsp3) is 0.280. The van der Waals surface area contributed by atoms with E-state index >= 15 is 0 Å². The van der Waals surface area contributed by atoms with Crippen LogP contribution in [0.3, 0.4) is 0 Å². The van der Waals surface area contributed by atoms with E-state index in [1.165, 1.54) is 4.68 Å². The molecule has 0 bridgehead atoms. The number of anilines is 1. The van der Waals surface area contributed by atoms with E-state index in [1.807, 2.05) is 26.8 Å². The standard InChI is InChI=1S/C25H26N6O5/c1-14-9-15(2)27-25(26-14)31-22(10-16(3)29-31)28-23(32)13-35-24(33)19-7-6-8-20(11-19)34-12-21-17(4)30-36-18(21)5/h6-11H,12-13H2,1-5H3,(H,28,32). The molecule has 0 fully saturated rings. The lowest BCUT2D eigenvalue weighted by Gasteiger charge is -2.10. The van der Waals surface area contributed by atoms with Crippen molar-refractivity contribution in [2.24, 2.45) is 0 Å². The summed E-state index contributed by atoms with van der Waals surface area (Å²) in [5.41, 5.74) is 4.06. The van der Waals surface area contributed by atoms with Gasteiger partial charge < -0.3 is 19.3 Å². The van der Waals surface area contributed by atoms with Gasteiger partial charge in [0.25, 0.3) is 11.9 Å². The van der Waals surface area contributed by atoms with Crippen molar-refractivity contribution in [2.45, 2.75) is 41.2 Å². The third kappa shape index (κ3) is 5.74. The number of hydrogen-bond donors (Lipinski definition) is 1. The van der Waals surface area contributed by atoms with Crippen molar-refractivity contribution in [3.8, 4) is 11.7 Å². The number of benzene rings is 1. The largest absolute Gasteiger partial charge is 0.489 e. The van der Waals surface area contributed by atoms with Gasteiger partial charge in [-0.25, -0.2) is 14.8 Å². The van der Waals surface area contributed by atoms with Gasteiger partial charge in [0, 0.05) is 17.5 Å². The molecule has 0 saturated carbocycles. The molecule has 36 heavy (non-hydrogen) atoms. The Morgan fingerprint density at radius 3 is 2.44 bits per heavy atom. The van der Waals surface area contributed by atoms with Gasteiger partial charge >= 0.3 is 5.97 Å². The van der Waals surface area contributed by atoms with Crippen LogP contribution in [0.25, 0.3) is 5.95 Å². The quantitative estimate of drug-likeness (QED) is 0.368. The van der Waals surface area contributed by atoms with E-state index in [0.29, 0.717) is 29.0 Å². The molecule has 4 aromatic rings. The second-order valence-corrected chi connectivity index (χ2v) is 8.28. The Bertz CT molecular complexity index is 1380. The topological polar surface area (TPSA) is 134 Å². The third-order valence-corrected chi connectivity index (χ3v) is 5.23. The van der Waals surface area contributed by atoms with Gasteiger partial charge in [-0.15, -0.1) is 0 Å². The summed E-state index contributed by atoms with van der Waals surface area (Å²) in [5, 5.41) is 11.0. The van der Waals surface area contributed by atoms with Crippen LogP contribution in [-0.4, -0.2) is 43.4 Å². The van der Waals surface area contributed by atoms with E-state index < -0.39 is 18.5 Å². The Labute approximate surface area is 207 Å². The lowest BCUT2D eigenvalue weighted by Crippen LogP contribution is -2.22. The van der Waals surface area contributed by atoms with Crippen LogP contribution in [0, 0.1) is 34.6 Å². The highest BCUT2D eigenvalue weighted by atomic mass is 16.5. The summed E-state index contributed by atoms with van der Waals surface area (Å²) in [6.45, 7) is 8.89. The fourth-order valence-electron chi connectivity index (χ4n) is 3.51. The Kier molecular flexibility index (Phi) is 7.09. The Morgan fingerprint density at radius 1 is 1.00 bits per heavy atom. The molecule has 0 unspecified atom stereocenters. The van der Waals surface area contributed by atoms with Crippen LogP contribution in [0.5, 0.6) is 5.75 Å². The second-order valence-electron chi connectivity index (χ2n) is 8.28. The van der Waals surface area contributed by atoms with E-state index in [9.17, 15) is 9.59 Å². The lowest BCUT2D eigenvalue weighted by atomic mass is 10.2. The Morgan fingerprint density at radius 2 is 1.75 bits per heavy atom. The minimum absolute atomic E-state index is 0.249. The van der Waals surface area contributed by atoms with Crippen LogP contribution in [-0.2, 0) is 16.1 Å². The van der Waals surface area contributed by atoms with Gasteiger partial charge in [0.1, 0.15) is 23.9 Å². The molecule has 11 heteroatoms. The predicted molar refractivity (Wildman–Crippen MR) is 129 cm³/mol. The van der Waals surface area contributed by atoms with Gasteiger partial charge in [0.2, 0.25) is 0 Å². The van der Waals surface area contributed by atoms with E-state index in [1.54, 1.807) is 44.2 Å². The van der Waals surface area contributed by atoms with E-state index in [4.69, 9.17) is 14.0 Å². The number of aryl methyl sites for hydroxylation is 5. The molecule has 0 spiro atoms. The number of hydrogen-bond acceptors (Lipinski definition) is 9. The maximum absolute atomic E-state index is 12.5. The van der Waals surface area contributed by atoms with Gasteiger partial charge in [-0.05, 0) is 58.9 Å². The zero-order valence-corrected chi connectivity index (χ0v) is 20.7. The predicted octanol–water partition coefficient (Wildman–Crippen LogP) is 3.57. The number of amides is 1. The number of esters is 1. The second kappa shape index (κ2) is 10.4. The fourth-order valence-corrected chi connectivity index (χ4v) is 3.51. The van der Waals surface area contributed by atoms with Gasteiger partial charge in [0.15, 0.2) is 6.61 Å². The normalized spacial score (nSPS) is 10.8. The van der Waals surface area contributed by atoms with Crippen molar-refractivity contribution in [3.63, 3.8) is 0 Å². The molecular weight excluding hydrogens is 464 g/mol. The molecule has 186 valence electrons. The van der Waals surface area contributed by atoms with Gasteiger partial charge in [-0.1, -0.05) is 11.2 Å². The third-order valence-electron chi connectivity index (χ3n) is 5.23. The summed E-state index contributed by atoms with van der Waals surface area (Å²) in [7, 11) is 0. The maximum atomic E-state index is 12.5. The molecule has 0 saturated heterocycles. The van der Waals surface area contributed by atoms with Crippen LogP contribution in [0.4, 0.5) is 5.82 Å². The molecule has 0 radical (unpaired) electrons. The lowest BCUT2D eigenvalue weighted by molar-refractivity contribution is -0.119. The number of aromatic nitrogens is 5. The molecule has 0 atom stereocenters. The van der Waals surface area contributed by atoms with Crippen LogP contribution in [0.15, 0.2) is 40.9 Å². The average molecular weight is 491 g/mol. The number of nitrogens with zero attached hydrogens (tertiary/aromatic N) is 5. The van der Waals surface area contributed by atoms with Crippen LogP contribution < -0.4 is 10.1 Å².